The van der Waals surface area contributed by atoms with E-state index in [9.17, 15) is 9.59 Å². The number of esters is 1. The third-order valence-electron chi connectivity index (χ3n) is 7.05. The summed E-state index contributed by atoms with van der Waals surface area (Å²) in [6, 6.07) is 16.0. The molecule has 2 aromatic carbocycles. The van der Waals surface area contributed by atoms with Crippen molar-refractivity contribution >= 4 is 17.6 Å². The van der Waals surface area contributed by atoms with E-state index < -0.39 is 0 Å². The van der Waals surface area contributed by atoms with Crippen molar-refractivity contribution < 1.29 is 19.1 Å². The van der Waals surface area contributed by atoms with E-state index in [1.807, 2.05) is 29.2 Å². The summed E-state index contributed by atoms with van der Waals surface area (Å²) in [6.45, 7) is 9.40. The zero-order chi connectivity index (χ0) is 24.8. The molecular weight excluding hydrogens is 444 g/mol. The molecule has 1 unspecified atom stereocenters. The van der Waals surface area contributed by atoms with Crippen LogP contribution in [0.5, 0.6) is 5.75 Å². The average molecular weight is 481 g/mol. The Labute approximate surface area is 208 Å². The molecule has 35 heavy (non-hydrogen) atoms. The lowest BCUT2D eigenvalue weighted by Gasteiger charge is -2.42. The molecule has 0 aromatic heterocycles. The van der Waals surface area contributed by atoms with Gasteiger partial charge in [0, 0.05) is 64.1 Å². The van der Waals surface area contributed by atoms with Crippen LogP contribution in [0.15, 0.2) is 48.5 Å². The first-order valence-electron chi connectivity index (χ1n) is 12.3. The maximum Gasteiger partial charge on any atom is 0.337 e. The van der Waals surface area contributed by atoms with Gasteiger partial charge in [-0.05, 0) is 48.9 Å². The first kappa shape index (κ1) is 25.0. The van der Waals surface area contributed by atoms with E-state index in [0.29, 0.717) is 12.1 Å². The molecule has 4 rings (SSSR count). The van der Waals surface area contributed by atoms with Crippen molar-refractivity contribution in [1.82, 2.24) is 14.7 Å². The molecule has 1 atom stereocenters. The van der Waals surface area contributed by atoms with Crippen LogP contribution in [0.3, 0.4) is 0 Å². The maximum absolute atomic E-state index is 13.0. The lowest BCUT2D eigenvalue weighted by molar-refractivity contribution is -0.134. The molecule has 2 fully saturated rings. The predicted molar refractivity (Wildman–Crippen MR) is 136 cm³/mol. The fraction of sp³-hybridized carbons (Fsp3) is 0.481. The predicted octanol–water partition coefficient (Wildman–Crippen LogP) is 2.34. The molecule has 8 nitrogen and oxygen atoms in total. The molecule has 2 aliphatic heterocycles. The smallest absolute Gasteiger partial charge is 0.337 e. The topological polar surface area (TPSA) is 65.6 Å². The van der Waals surface area contributed by atoms with Crippen LogP contribution in [-0.4, -0.2) is 99.2 Å². The van der Waals surface area contributed by atoms with Crippen LogP contribution in [0.25, 0.3) is 0 Å². The number of methoxy groups -OCH3 is 2. The number of carbonyl (C=O) groups excluding carboxylic acids is 2. The second-order valence-corrected chi connectivity index (χ2v) is 9.31. The second kappa shape index (κ2) is 11.6. The number of benzene rings is 2. The van der Waals surface area contributed by atoms with Crippen LogP contribution in [0, 0.1) is 0 Å². The second-order valence-electron chi connectivity index (χ2n) is 9.31. The lowest BCUT2D eigenvalue weighted by Crippen LogP contribution is -2.56. The largest absolute Gasteiger partial charge is 0.497 e. The lowest BCUT2D eigenvalue weighted by atomic mass is 10.1. The molecule has 1 amide bonds. The molecule has 0 spiro atoms. The van der Waals surface area contributed by atoms with Gasteiger partial charge in [0.05, 0.1) is 26.3 Å². The molecule has 2 saturated heterocycles. The number of hydrogen-bond donors (Lipinski definition) is 0. The molecule has 0 aliphatic carbocycles. The van der Waals surface area contributed by atoms with Crippen LogP contribution in [0.1, 0.15) is 22.8 Å². The van der Waals surface area contributed by atoms with E-state index in [4.69, 9.17) is 9.47 Å². The number of rotatable bonds is 7. The minimum Gasteiger partial charge on any atom is -0.497 e. The molecule has 2 aromatic rings. The quantitative estimate of drug-likeness (QED) is 0.564. The molecule has 2 heterocycles. The molecular formula is C27H36N4O4. The summed E-state index contributed by atoms with van der Waals surface area (Å²) in [5, 5.41) is 0. The van der Waals surface area contributed by atoms with E-state index in [1.165, 1.54) is 12.7 Å². The van der Waals surface area contributed by atoms with Crippen molar-refractivity contribution in [2.24, 2.45) is 0 Å². The van der Waals surface area contributed by atoms with Crippen molar-refractivity contribution in [1.29, 1.82) is 0 Å². The van der Waals surface area contributed by atoms with Gasteiger partial charge in [-0.3, -0.25) is 14.6 Å². The first-order chi connectivity index (χ1) is 17.0. The zero-order valence-electron chi connectivity index (χ0n) is 21.0. The normalized spacial score (nSPS) is 19.5. The van der Waals surface area contributed by atoms with Gasteiger partial charge in [0.2, 0.25) is 5.91 Å². The van der Waals surface area contributed by atoms with Crippen LogP contribution in [0.2, 0.25) is 0 Å². The molecule has 188 valence electrons. The number of amides is 1. The van der Waals surface area contributed by atoms with Crippen molar-refractivity contribution in [2.75, 3.05) is 71.5 Å². The Hall–Kier alpha value is -3.10. The Morgan fingerprint density at radius 3 is 2.17 bits per heavy atom. The van der Waals surface area contributed by atoms with Gasteiger partial charge in [0.15, 0.2) is 0 Å². The Morgan fingerprint density at radius 2 is 1.57 bits per heavy atom. The summed E-state index contributed by atoms with van der Waals surface area (Å²) < 4.78 is 10.0. The number of carbonyl (C=O) groups is 2. The maximum atomic E-state index is 13.0. The van der Waals surface area contributed by atoms with Crippen molar-refractivity contribution in [2.45, 2.75) is 19.5 Å². The summed E-state index contributed by atoms with van der Waals surface area (Å²) in [5.74, 6) is 0.766. The van der Waals surface area contributed by atoms with Crippen LogP contribution >= 0.6 is 0 Å². The standard InChI is InChI=1S/C27H36N4O4/c1-21-18-31(24-8-6-23(7-9-24)27(33)35-3)17-16-30(21)20-26(32)29-14-12-28(13-15-29)19-22-4-10-25(34-2)11-5-22/h4-11,21H,12-20H2,1-3H3. The van der Waals surface area contributed by atoms with E-state index in [1.54, 1.807) is 19.2 Å². The Balaban J connectivity index is 1.22. The molecule has 0 saturated carbocycles. The zero-order valence-corrected chi connectivity index (χ0v) is 21.0. The van der Waals surface area contributed by atoms with Crippen LogP contribution in [-0.2, 0) is 16.1 Å². The minimum atomic E-state index is -0.324. The Kier molecular flexibility index (Phi) is 8.25. The highest BCUT2D eigenvalue weighted by molar-refractivity contribution is 5.89. The van der Waals surface area contributed by atoms with E-state index in [2.05, 4.69) is 33.8 Å². The van der Waals surface area contributed by atoms with Crippen molar-refractivity contribution in [3.8, 4) is 5.75 Å². The fourth-order valence-corrected chi connectivity index (χ4v) is 4.81. The molecule has 0 bridgehead atoms. The third-order valence-corrected chi connectivity index (χ3v) is 7.05. The minimum absolute atomic E-state index is 0.219. The number of ether oxygens (including phenoxy) is 2. The van der Waals surface area contributed by atoms with E-state index in [0.717, 1.165) is 63.8 Å². The van der Waals surface area contributed by atoms with Gasteiger partial charge in [0.1, 0.15) is 5.75 Å². The van der Waals surface area contributed by atoms with Crippen molar-refractivity contribution in [3.05, 3.63) is 59.7 Å². The Bertz CT molecular complexity index is 987. The average Bonchev–Trinajstić information content (AvgIpc) is 2.90. The molecule has 0 radical (unpaired) electrons. The number of nitrogens with zero attached hydrogens (tertiary/aromatic N) is 4. The van der Waals surface area contributed by atoms with Gasteiger partial charge in [0.25, 0.3) is 0 Å². The molecule has 8 heteroatoms. The fourth-order valence-electron chi connectivity index (χ4n) is 4.81. The van der Waals surface area contributed by atoms with E-state index in [-0.39, 0.29) is 17.9 Å². The summed E-state index contributed by atoms with van der Waals surface area (Å²) in [6.07, 6.45) is 0. The van der Waals surface area contributed by atoms with Gasteiger partial charge >= 0.3 is 5.97 Å². The van der Waals surface area contributed by atoms with Gasteiger partial charge in [-0.2, -0.15) is 0 Å². The highest BCUT2D eigenvalue weighted by Gasteiger charge is 2.28. The monoisotopic (exact) mass is 480 g/mol. The summed E-state index contributed by atoms with van der Waals surface area (Å²) >= 11 is 0. The molecule has 0 N–H and O–H groups in total. The third kappa shape index (κ3) is 6.32. The highest BCUT2D eigenvalue weighted by Crippen LogP contribution is 2.21. The summed E-state index contributed by atoms with van der Waals surface area (Å²) in [5.41, 5.74) is 2.90. The van der Waals surface area contributed by atoms with Crippen LogP contribution < -0.4 is 9.64 Å². The Morgan fingerprint density at radius 1 is 0.886 bits per heavy atom. The number of hydrogen-bond acceptors (Lipinski definition) is 7. The summed E-state index contributed by atoms with van der Waals surface area (Å²) in [4.78, 5) is 33.7. The van der Waals surface area contributed by atoms with Crippen LogP contribution in [0.4, 0.5) is 5.69 Å². The van der Waals surface area contributed by atoms with Gasteiger partial charge in [-0.1, -0.05) is 12.1 Å². The van der Waals surface area contributed by atoms with Gasteiger partial charge in [-0.15, -0.1) is 0 Å². The van der Waals surface area contributed by atoms with Gasteiger partial charge in [-0.25, -0.2) is 4.79 Å². The van der Waals surface area contributed by atoms with Gasteiger partial charge < -0.3 is 19.3 Å². The first-order valence-corrected chi connectivity index (χ1v) is 12.3. The number of piperazine rings is 2. The van der Waals surface area contributed by atoms with E-state index >= 15 is 0 Å². The number of anilines is 1. The highest BCUT2D eigenvalue weighted by atomic mass is 16.5. The summed E-state index contributed by atoms with van der Waals surface area (Å²) in [7, 11) is 3.07. The van der Waals surface area contributed by atoms with Crippen molar-refractivity contribution in [3.63, 3.8) is 0 Å². The SMILES string of the molecule is COC(=O)c1ccc(N2CCN(CC(=O)N3CCN(Cc4ccc(OC)cc4)CC3)C(C)C2)cc1. The molecule has 2 aliphatic rings.